The molecule has 3 aromatic carbocycles. The normalized spacial score (nSPS) is 15.4. The first kappa shape index (κ1) is 19.8. The molecule has 3 aromatic rings. The van der Waals surface area contributed by atoms with E-state index >= 15 is 0 Å². The van der Waals surface area contributed by atoms with E-state index in [0.717, 1.165) is 25.2 Å². The van der Waals surface area contributed by atoms with Crippen molar-refractivity contribution < 1.29 is 4.74 Å². The summed E-state index contributed by atoms with van der Waals surface area (Å²) in [6.07, 6.45) is 13.5. The Bertz CT molecular complexity index is 952. The number of hydrogen-bond donors (Lipinski definition) is 0. The van der Waals surface area contributed by atoms with Crippen LogP contribution in [0.25, 0.3) is 16.8 Å². The van der Waals surface area contributed by atoms with E-state index in [-0.39, 0.29) is 0 Å². The van der Waals surface area contributed by atoms with Gasteiger partial charge in [0.15, 0.2) is 0 Å². The van der Waals surface area contributed by atoms with Gasteiger partial charge in [-0.3, -0.25) is 0 Å². The summed E-state index contributed by atoms with van der Waals surface area (Å²) in [6.45, 7) is 3.09. The molecule has 0 amide bonds. The van der Waals surface area contributed by atoms with Crippen LogP contribution in [0, 0.1) is 0 Å². The molecule has 29 heavy (non-hydrogen) atoms. The van der Waals surface area contributed by atoms with E-state index in [4.69, 9.17) is 4.74 Å². The highest BCUT2D eigenvalue weighted by molar-refractivity contribution is 5.92. The van der Waals surface area contributed by atoms with Gasteiger partial charge in [-0.1, -0.05) is 99.7 Å². The molecule has 0 N–H and O–H groups in total. The van der Waals surface area contributed by atoms with Gasteiger partial charge in [0, 0.05) is 5.92 Å². The van der Waals surface area contributed by atoms with E-state index < -0.39 is 0 Å². The maximum absolute atomic E-state index is 5.94. The van der Waals surface area contributed by atoms with E-state index in [0.29, 0.717) is 5.92 Å². The van der Waals surface area contributed by atoms with Crippen LogP contribution in [0.5, 0.6) is 5.75 Å². The van der Waals surface area contributed by atoms with Gasteiger partial charge < -0.3 is 4.74 Å². The molecule has 0 aliphatic heterocycles. The van der Waals surface area contributed by atoms with Gasteiger partial charge in [0.05, 0.1) is 6.61 Å². The molecule has 4 rings (SSSR count). The van der Waals surface area contributed by atoms with Crippen LogP contribution in [0.1, 0.15) is 68.1 Å². The molecule has 0 saturated heterocycles. The standard InChI is InChI=1S/C28H32O/c1-2-3-4-5-6-9-20-29-26-17-14-22(15-18-26)24-16-19-28-25(21-24)13-12-23-10-7-8-11-27(23)28/h7-8,10-19,24H,2-6,9,20-21H2,1H3. The number of benzene rings is 3. The molecular formula is C28H32O. The molecule has 1 aliphatic carbocycles. The van der Waals surface area contributed by atoms with E-state index in [1.165, 1.54) is 59.6 Å². The lowest BCUT2D eigenvalue weighted by Gasteiger charge is -2.21. The molecule has 0 spiro atoms. The van der Waals surface area contributed by atoms with Crippen LogP contribution < -0.4 is 4.74 Å². The summed E-state index contributed by atoms with van der Waals surface area (Å²) in [7, 11) is 0. The summed E-state index contributed by atoms with van der Waals surface area (Å²) >= 11 is 0. The van der Waals surface area contributed by atoms with Gasteiger partial charge in [-0.25, -0.2) is 0 Å². The lowest BCUT2D eigenvalue weighted by molar-refractivity contribution is 0.304. The first-order valence-corrected chi connectivity index (χ1v) is 11.3. The van der Waals surface area contributed by atoms with Gasteiger partial charge in [-0.05, 0) is 52.4 Å². The Morgan fingerprint density at radius 2 is 1.62 bits per heavy atom. The Morgan fingerprint density at radius 1 is 0.828 bits per heavy atom. The fourth-order valence-corrected chi connectivity index (χ4v) is 4.35. The van der Waals surface area contributed by atoms with E-state index in [9.17, 15) is 0 Å². The minimum atomic E-state index is 0.441. The van der Waals surface area contributed by atoms with Gasteiger partial charge in [0.1, 0.15) is 5.75 Å². The highest BCUT2D eigenvalue weighted by atomic mass is 16.5. The van der Waals surface area contributed by atoms with Gasteiger partial charge >= 0.3 is 0 Å². The number of allylic oxidation sites excluding steroid dienone is 1. The van der Waals surface area contributed by atoms with Crippen LogP contribution in [0.2, 0.25) is 0 Å². The largest absolute Gasteiger partial charge is 0.494 e. The predicted octanol–water partition coefficient (Wildman–Crippen LogP) is 7.93. The summed E-state index contributed by atoms with van der Waals surface area (Å²) in [6, 6.07) is 22.0. The average Bonchev–Trinajstić information content (AvgIpc) is 2.78. The Hall–Kier alpha value is -2.54. The molecule has 0 heterocycles. The highest BCUT2D eigenvalue weighted by Crippen LogP contribution is 2.34. The van der Waals surface area contributed by atoms with Crippen molar-refractivity contribution in [3.63, 3.8) is 0 Å². The predicted molar refractivity (Wildman–Crippen MR) is 125 cm³/mol. The summed E-state index contributed by atoms with van der Waals surface area (Å²) in [5.74, 6) is 1.43. The molecule has 0 fully saturated rings. The third kappa shape index (κ3) is 4.90. The second-order valence-electron chi connectivity index (χ2n) is 8.21. The third-order valence-electron chi connectivity index (χ3n) is 6.07. The molecule has 0 saturated carbocycles. The first-order valence-electron chi connectivity index (χ1n) is 11.3. The van der Waals surface area contributed by atoms with Crippen molar-refractivity contribution in [2.75, 3.05) is 6.61 Å². The Kier molecular flexibility index (Phi) is 6.67. The summed E-state index contributed by atoms with van der Waals surface area (Å²) in [4.78, 5) is 0. The van der Waals surface area contributed by atoms with Crippen molar-refractivity contribution in [2.24, 2.45) is 0 Å². The maximum Gasteiger partial charge on any atom is 0.119 e. The number of ether oxygens (including phenoxy) is 1. The zero-order valence-corrected chi connectivity index (χ0v) is 17.6. The fourth-order valence-electron chi connectivity index (χ4n) is 4.35. The van der Waals surface area contributed by atoms with Crippen LogP contribution in [0.3, 0.4) is 0 Å². The van der Waals surface area contributed by atoms with Gasteiger partial charge in [0.2, 0.25) is 0 Å². The zero-order chi connectivity index (χ0) is 19.9. The molecule has 0 aromatic heterocycles. The van der Waals surface area contributed by atoms with Crippen molar-refractivity contribution in [1.82, 2.24) is 0 Å². The minimum absolute atomic E-state index is 0.441. The molecule has 1 unspecified atom stereocenters. The number of unbranched alkanes of at least 4 members (excludes halogenated alkanes) is 5. The minimum Gasteiger partial charge on any atom is -0.494 e. The first-order chi connectivity index (χ1) is 14.3. The Labute approximate surface area is 175 Å². The Balaban J connectivity index is 1.33. The molecule has 1 heteroatoms. The molecule has 1 atom stereocenters. The fraction of sp³-hybridized carbons (Fsp3) is 0.357. The molecule has 1 nitrogen and oxygen atoms in total. The van der Waals surface area contributed by atoms with Crippen molar-refractivity contribution >= 4 is 16.8 Å². The SMILES string of the molecule is CCCCCCCCOc1ccc(C2C=Cc3c(ccc4ccccc34)C2)cc1. The highest BCUT2D eigenvalue weighted by Gasteiger charge is 2.17. The smallest absolute Gasteiger partial charge is 0.119 e. The van der Waals surface area contributed by atoms with Crippen molar-refractivity contribution in [2.45, 2.75) is 57.8 Å². The second-order valence-corrected chi connectivity index (χ2v) is 8.21. The quantitative estimate of drug-likeness (QED) is 0.340. The van der Waals surface area contributed by atoms with Crippen LogP contribution in [0.4, 0.5) is 0 Å². The molecular weight excluding hydrogens is 352 g/mol. The Morgan fingerprint density at radius 3 is 2.48 bits per heavy atom. The topological polar surface area (TPSA) is 9.23 Å². The van der Waals surface area contributed by atoms with Crippen molar-refractivity contribution in [3.05, 3.63) is 83.4 Å². The molecule has 0 bridgehead atoms. The number of fused-ring (bicyclic) bond motifs is 3. The summed E-state index contributed by atoms with van der Waals surface area (Å²) in [5.41, 5.74) is 4.20. The molecule has 150 valence electrons. The van der Waals surface area contributed by atoms with Crippen molar-refractivity contribution in [3.8, 4) is 5.75 Å². The third-order valence-corrected chi connectivity index (χ3v) is 6.07. The number of hydrogen-bond acceptors (Lipinski definition) is 1. The van der Waals surface area contributed by atoms with Gasteiger partial charge in [-0.2, -0.15) is 0 Å². The lowest BCUT2D eigenvalue weighted by Crippen LogP contribution is -2.06. The van der Waals surface area contributed by atoms with Crippen LogP contribution in [-0.4, -0.2) is 6.61 Å². The van der Waals surface area contributed by atoms with E-state index in [1.807, 2.05) is 0 Å². The van der Waals surface area contributed by atoms with E-state index in [1.54, 1.807) is 0 Å². The van der Waals surface area contributed by atoms with Crippen LogP contribution in [0.15, 0.2) is 66.7 Å². The average molecular weight is 385 g/mol. The monoisotopic (exact) mass is 384 g/mol. The molecule has 0 radical (unpaired) electrons. The van der Waals surface area contributed by atoms with E-state index in [2.05, 4.69) is 79.7 Å². The van der Waals surface area contributed by atoms with Crippen molar-refractivity contribution in [1.29, 1.82) is 0 Å². The summed E-state index contributed by atoms with van der Waals surface area (Å²) in [5, 5.41) is 2.68. The van der Waals surface area contributed by atoms with Gasteiger partial charge in [0.25, 0.3) is 0 Å². The molecule has 1 aliphatic rings. The summed E-state index contributed by atoms with van der Waals surface area (Å²) < 4.78 is 5.94. The lowest BCUT2D eigenvalue weighted by atomic mass is 9.83. The number of rotatable bonds is 9. The van der Waals surface area contributed by atoms with Gasteiger partial charge in [-0.15, -0.1) is 0 Å². The zero-order valence-electron chi connectivity index (χ0n) is 17.6. The van der Waals surface area contributed by atoms with Crippen LogP contribution >= 0.6 is 0 Å². The van der Waals surface area contributed by atoms with Crippen LogP contribution in [-0.2, 0) is 6.42 Å². The maximum atomic E-state index is 5.94. The second kappa shape index (κ2) is 9.78.